The number of pyridine rings is 1. The number of allylic oxidation sites excluding steroid dienone is 2. The number of amides is 1. The topological polar surface area (TPSA) is 72.1 Å². The highest BCUT2D eigenvalue weighted by molar-refractivity contribution is 5.94. The first kappa shape index (κ1) is 22.4. The van der Waals surface area contributed by atoms with E-state index in [2.05, 4.69) is 15.2 Å². The summed E-state index contributed by atoms with van der Waals surface area (Å²) < 4.78 is 59.5. The van der Waals surface area contributed by atoms with Crippen LogP contribution in [0.25, 0.3) is 11.5 Å². The van der Waals surface area contributed by atoms with Crippen molar-refractivity contribution >= 4 is 5.91 Å². The van der Waals surface area contributed by atoms with Crippen LogP contribution >= 0.6 is 0 Å². The minimum absolute atomic E-state index is 0.113. The number of nitrogens with zero attached hydrogens (tertiary/aromatic N) is 4. The minimum atomic E-state index is -2.94. The third kappa shape index (κ3) is 4.69. The molecule has 0 fully saturated rings. The third-order valence-corrected chi connectivity index (χ3v) is 5.33. The summed E-state index contributed by atoms with van der Waals surface area (Å²) in [5.41, 5.74) is 0.580. The van der Waals surface area contributed by atoms with Gasteiger partial charge in [-0.15, -0.1) is 10.2 Å². The molecule has 33 heavy (non-hydrogen) atoms. The van der Waals surface area contributed by atoms with Gasteiger partial charge in [0.2, 0.25) is 5.89 Å². The van der Waals surface area contributed by atoms with Crippen LogP contribution in [0, 0.1) is 11.7 Å². The molecule has 1 aliphatic rings. The van der Waals surface area contributed by atoms with E-state index < -0.39 is 41.8 Å². The normalized spacial score (nSPS) is 17.8. The Bertz CT molecular complexity index is 1210. The van der Waals surface area contributed by atoms with E-state index in [9.17, 15) is 22.4 Å². The number of aromatic nitrogens is 3. The Morgan fingerprint density at radius 2 is 1.91 bits per heavy atom. The van der Waals surface area contributed by atoms with Crippen molar-refractivity contribution in [3.63, 3.8) is 0 Å². The molecule has 10 heteroatoms. The van der Waals surface area contributed by atoms with E-state index in [1.165, 1.54) is 53.7 Å². The lowest BCUT2D eigenvalue weighted by Crippen LogP contribution is -2.43. The Hall–Kier alpha value is -3.82. The minimum Gasteiger partial charge on any atom is -0.415 e. The summed E-state index contributed by atoms with van der Waals surface area (Å²) in [5, 5.41) is 6.74. The number of carbonyl (C=O) groups excluding carboxylic acids is 1. The predicted octanol–water partition coefficient (Wildman–Crippen LogP) is 5.28. The van der Waals surface area contributed by atoms with Crippen LogP contribution in [-0.2, 0) is 6.54 Å². The number of hydrogen-bond donors (Lipinski definition) is 0. The van der Waals surface area contributed by atoms with Gasteiger partial charge in [-0.2, -0.15) is 8.78 Å². The molecule has 2 heterocycles. The molecule has 0 aliphatic heterocycles. The fourth-order valence-electron chi connectivity index (χ4n) is 3.52. The Morgan fingerprint density at radius 1 is 1.15 bits per heavy atom. The number of hydrogen-bond acceptors (Lipinski definition) is 5. The van der Waals surface area contributed by atoms with E-state index in [1.807, 2.05) is 0 Å². The molecule has 2 unspecified atom stereocenters. The Labute approximate surface area is 186 Å². The second-order valence-corrected chi connectivity index (χ2v) is 7.44. The molecular formula is C23H18F4N4O2. The van der Waals surface area contributed by atoms with Crippen molar-refractivity contribution in [1.82, 2.24) is 20.1 Å². The molecule has 0 N–H and O–H groups in total. The van der Waals surface area contributed by atoms with Crippen molar-refractivity contribution in [3.05, 3.63) is 89.6 Å². The molecule has 2 aromatic heterocycles. The highest BCUT2D eigenvalue weighted by Gasteiger charge is 2.31. The lowest BCUT2D eigenvalue weighted by atomic mass is 9.93. The van der Waals surface area contributed by atoms with Gasteiger partial charge in [-0.3, -0.25) is 9.78 Å². The first-order valence-corrected chi connectivity index (χ1v) is 10.0. The summed E-state index contributed by atoms with van der Waals surface area (Å²) in [5.74, 6) is -3.27. The van der Waals surface area contributed by atoms with Gasteiger partial charge in [-0.1, -0.05) is 25.1 Å². The van der Waals surface area contributed by atoms with Gasteiger partial charge in [0.25, 0.3) is 11.8 Å². The van der Waals surface area contributed by atoms with Gasteiger partial charge in [0, 0.05) is 41.5 Å². The van der Waals surface area contributed by atoms with Crippen molar-refractivity contribution in [2.75, 3.05) is 0 Å². The Morgan fingerprint density at radius 3 is 2.58 bits per heavy atom. The maximum Gasteiger partial charge on any atom is 0.314 e. The van der Waals surface area contributed by atoms with Crippen LogP contribution in [0.5, 0.6) is 0 Å². The summed E-state index contributed by atoms with van der Waals surface area (Å²) in [7, 11) is 0. The van der Waals surface area contributed by atoms with Gasteiger partial charge >= 0.3 is 6.43 Å². The van der Waals surface area contributed by atoms with Crippen LogP contribution in [0.15, 0.2) is 71.2 Å². The zero-order valence-electron chi connectivity index (χ0n) is 17.3. The van der Waals surface area contributed by atoms with Crippen LogP contribution in [-0.4, -0.2) is 32.0 Å². The molecular weight excluding hydrogens is 440 g/mol. The molecule has 4 rings (SSSR count). The lowest BCUT2D eigenvalue weighted by Gasteiger charge is -2.35. The van der Waals surface area contributed by atoms with Gasteiger partial charge < -0.3 is 9.32 Å². The number of carbonyl (C=O) groups is 1. The molecule has 0 radical (unpaired) electrons. The van der Waals surface area contributed by atoms with Crippen LogP contribution in [0.2, 0.25) is 0 Å². The SMILES string of the molecule is CC1C(F)=CC=CC1N(Cc1ccc(-c2nnc(C(F)F)o2)cc1F)C(=O)c1ccncc1. The molecule has 0 saturated heterocycles. The van der Waals surface area contributed by atoms with Gasteiger partial charge in [0.05, 0.1) is 6.04 Å². The number of rotatable bonds is 6. The Balaban J connectivity index is 1.65. The van der Waals surface area contributed by atoms with E-state index in [4.69, 9.17) is 4.42 Å². The molecule has 2 atom stereocenters. The highest BCUT2D eigenvalue weighted by atomic mass is 19.3. The van der Waals surface area contributed by atoms with Crippen LogP contribution in [0.3, 0.4) is 0 Å². The molecule has 1 amide bonds. The predicted molar refractivity (Wildman–Crippen MR) is 110 cm³/mol. The quantitative estimate of drug-likeness (QED) is 0.470. The fourth-order valence-corrected chi connectivity index (χ4v) is 3.52. The van der Waals surface area contributed by atoms with Crippen LogP contribution in [0.4, 0.5) is 17.6 Å². The number of halogens is 4. The molecule has 3 aromatic rings. The summed E-state index contributed by atoms with van der Waals surface area (Å²) in [4.78, 5) is 18.5. The second-order valence-electron chi connectivity index (χ2n) is 7.44. The molecule has 170 valence electrons. The number of alkyl halides is 2. The fraction of sp³-hybridized carbons (Fsp3) is 0.217. The highest BCUT2D eigenvalue weighted by Crippen LogP contribution is 2.30. The van der Waals surface area contributed by atoms with Crippen LogP contribution in [0.1, 0.15) is 35.2 Å². The molecule has 1 aromatic carbocycles. The monoisotopic (exact) mass is 458 g/mol. The van der Waals surface area contributed by atoms with Crippen molar-refractivity contribution in [2.24, 2.45) is 5.92 Å². The van der Waals surface area contributed by atoms with E-state index in [1.54, 1.807) is 13.0 Å². The first-order chi connectivity index (χ1) is 15.8. The van der Waals surface area contributed by atoms with Crippen molar-refractivity contribution in [1.29, 1.82) is 0 Å². The molecule has 0 spiro atoms. The number of benzene rings is 1. The average Bonchev–Trinajstić information content (AvgIpc) is 3.31. The van der Waals surface area contributed by atoms with Crippen molar-refractivity contribution < 1.29 is 26.8 Å². The van der Waals surface area contributed by atoms with Crippen molar-refractivity contribution in [3.8, 4) is 11.5 Å². The summed E-state index contributed by atoms with van der Waals surface area (Å²) in [6.45, 7) is 1.48. The third-order valence-electron chi connectivity index (χ3n) is 5.33. The smallest absolute Gasteiger partial charge is 0.314 e. The molecule has 6 nitrogen and oxygen atoms in total. The average molecular weight is 458 g/mol. The van der Waals surface area contributed by atoms with Gasteiger partial charge in [0.15, 0.2) is 0 Å². The summed E-state index contributed by atoms with van der Waals surface area (Å²) >= 11 is 0. The maximum atomic E-state index is 15.0. The maximum absolute atomic E-state index is 15.0. The van der Waals surface area contributed by atoms with E-state index in [0.29, 0.717) is 5.56 Å². The summed E-state index contributed by atoms with van der Waals surface area (Å²) in [6, 6.07) is 6.28. The molecule has 0 saturated carbocycles. The Kier molecular flexibility index (Phi) is 6.34. The van der Waals surface area contributed by atoms with E-state index in [-0.39, 0.29) is 23.6 Å². The molecule has 0 bridgehead atoms. The largest absolute Gasteiger partial charge is 0.415 e. The zero-order valence-corrected chi connectivity index (χ0v) is 17.3. The molecule has 1 aliphatic carbocycles. The first-order valence-electron chi connectivity index (χ1n) is 10.0. The van der Waals surface area contributed by atoms with Crippen LogP contribution < -0.4 is 0 Å². The summed E-state index contributed by atoms with van der Waals surface area (Å²) in [6.07, 6.45) is 4.50. The van der Waals surface area contributed by atoms with E-state index in [0.717, 1.165) is 6.07 Å². The second kappa shape index (κ2) is 9.35. The zero-order chi connectivity index (χ0) is 23.5. The van der Waals surface area contributed by atoms with Gasteiger partial charge in [-0.05, 0) is 30.3 Å². The van der Waals surface area contributed by atoms with Gasteiger partial charge in [0.1, 0.15) is 11.6 Å². The van der Waals surface area contributed by atoms with E-state index >= 15 is 0 Å². The standard InChI is InChI=1S/C23H18F4N4O2/c1-13-17(24)3-2-4-19(13)31(23(32)14-7-9-28-10-8-14)12-16-6-5-15(11-18(16)25)21-29-30-22(33-21)20(26)27/h2-11,13,19-20H,12H2,1H3. The van der Waals surface area contributed by atoms with Crippen molar-refractivity contribution in [2.45, 2.75) is 25.9 Å². The lowest BCUT2D eigenvalue weighted by molar-refractivity contribution is 0.0653. The van der Waals surface area contributed by atoms with Gasteiger partial charge in [-0.25, -0.2) is 8.78 Å².